The van der Waals surface area contributed by atoms with Gasteiger partial charge in [-0.05, 0) is 31.7 Å². The van der Waals surface area contributed by atoms with Gasteiger partial charge in [-0.3, -0.25) is 4.79 Å². The first-order chi connectivity index (χ1) is 7.84. The number of carbonyl (C=O) groups excluding carboxylic acids is 1. The molecule has 0 radical (unpaired) electrons. The van der Waals surface area contributed by atoms with Crippen LogP contribution in [0, 0.1) is 11.8 Å². The summed E-state index contributed by atoms with van der Waals surface area (Å²) in [6.45, 7) is 4.61. The van der Waals surface area contributed by atoms with E-state index in [2.05, 4.69) is 10.2 Å². The predicted octanol–water partition coefficient (Wildman–Crippen LogP) is 0.233. The number of nitrogens with one attached hydrogen (secondary N) is 1. The summed E-state index contributed by atoms with van der Waals surface area (Å²) in [6.07, 6.45) is 3.28. The Labute approximate surface area is 96.3 Å². The van der Waals surface area contributed by atoms with Crippen molar-refractivity contribution in [2.45, 2.75) is 25.3 Å². The van der Waals surface area contributed by atoms with Crippen LogP contribution in [0.5, 0.6) is 0 Å². The molecule has 3 aliphatic rings. The van der Waals surface area contributed by atoms with E-state index >= 15 is 0 Å². The minimum absolute atomic E-state index is 0.0962. The van der Waals surface area contributed by atoms with E-state index in [4.69, 9.17) is 4.74 Å². The molecule has 0 bridgehead atoms. The number of nitrogens with zero attached hydrogens (tertiary/aromatic N) is 1. The van der Waals surface area contributed by atoms with E-state index in [-0.39, 0.29) is 6.04 Å². The van der Waals surface area contributed by atoms with E-state index in [9.17, 15) is 4.79 Å². The Morgan fingerprint density at radius 1 is 1.25 bits per heavy atom. The number of likely N-dealkylation sites (tertiary alicyclic amines) is 1. The van der Waals surface area contributed by atoms with Gasteiger partial charge in [0.05, 0.1) is 12.6 Å². The lowest BCUT2D eigenvalue weighted by molar-refractivity contribution is -0.135. The Balaban J connectivity index is 1.60. The molecule has 3 heterocycles. The van der Waals surface area contributed by atoms with Gasteiger partial charge in [0.2, 0.25) is 5.91 Å². The molecule has 3 saturated heterocycles. The topological polar surface area (TPSA) is 41.6 Å². The van der Waals surface area contributed by atoms with Gasteiger partial charge in [0.1, 0.15) is 0 Å². The van der Waals surface area contributed by atoms with Crippen LogP contribution in [0.4, 0.5) is 0 Å². The lowest BCUT2D eigenvalue weighted by atomic mass is 9.88. The van der Waals surface area contributed by atoms with Crippen molar-refractivity contribution < 1.29 is 9.53 Å². The molecule has 0 unspecified atom stereocenters. The molecule has 0 aliphatic carbocycles. The Bertz CT molecular complexity index is 276. The zero-order chi connectivity index (χ0) is 11.0. The summed E-state index contributed by atoms with van der Waals surface area (Å²) in [4.78, 5) is 14.3. The van der Waals surface area contributed by atoms with Gasteiger partial charge in [-0.1, -0.05) is 0 Å². The number of amides is 1. The van der Waals surface area contributed by atoms with Gasteiger partial charge in [0.15, 0.2) is 0 Å². The van der Waals surface area contributed by atoms with E-state index in [1.807, 2.05) is 0 Å². The lowest BCUT2D eigenvalue weighted by Crippen LogP contribution is -2.49. The van der Waals surface area contributed by atoms with Crippen molar-refractivity contribution in [3.63, 3.8) is 0 Å². The maximum absolute atomic E-state index is 12.2. The highest BCUT2D eigenvalue weighted by Crippen LogP contribution is 2.29. The highest BCUT2D eigenvalue weighted by atomic mass is 16.5. The number of hydrogen-bond acceptors (Lipinski definition) is 3. The molecule has 1 amide bonds. The summed E-state index contributed by atoms with van der Waals surface area (Å²) >= 11 is 0. The van der Waals surface area contributed by atoms with Crippen molar-refractivity contribution in [2.24, 2.45) is 11.8 Å². The summed E-state index contributed by atoms with van der Waals surface area (Å²) in [7, 11) is 0. The van der Waals surface area contributed by atoms with Crippen LogP contribution >= 0.6 is 0 Å². The quantitative estimate of drug-likeness (QED) is 0.693. The van der Waals surface area contributed by atoms with Crippen LogP contribution in [0.3, 0.4) is 0 Å². The molecule has 4 nitrogen and oxygen atoms in total. The molecule has 0 saturated carbocycles. The first-order valence-electron chi connectivity index (χ1n) is 6.44. The van der Waals surface area contributed by atoms with Crippen molar-refractivity contribution in [1.29, 1.82) is 0 Å². The number of ether oxygens (including phenoxy) is 1. The number of fused-ring (bicyclic) bond motifs is 1. The smallest absolute Gasteiger partial charge is 0.239 e. The van der Waals surface area contributed by atoms with Crippen LogP contribution in [0.25, 0.3) is 0 Å². The maximum Gasteiger partial charge on any atom is 0.239 e. The third-order valence-corrected chi connectivity index (χ3v) is 4.23. The highest BCUT2D eigenvalue weighted by molar-refractivity contribution is 5.82. The van der Waals surface area contributed by atoms with Gasteiger partial charge in [-0.15, -0.1) is 0 Å². The van der Waals surface area contributed by atoms with Crippen LogP contribution in [0.1, 0.15) is 19.3 Å². The fraction of sp³-hybridized carbons (Fsp3) is 0.917. The number of piperidine rings is 1. The van der Waals surface area contributed by atoms with E-state index < -0.39 is 0 Å². The maximum atomic E-state index is 12.2. The third kappa shape index (κ3) is 1.84. The minimum atomic E-state index is 0.0962. The van der Waals surface area contributed by atoms with E-state index in [1.165, 1.54) is 0 Å². The monoisotopic (exact) mass is 224 g/mol. The molecule has 3 atom stereocenters. The van der Waals surface area contributed by atoms with Crippen LogP contribution in [0.2, 0.25) is 0 Å². The number of carbonyl (C=O) groups is 1. The normalized spacial score (nSPS) is 38.8. The fourth-order valence-corrected chi connectivity index (χ4v) is 3.18. The number of hydrogen-bond donors (Lipinski definition) is 1. The van der Waals surface area contributed by atoms with Crippen molar-refractivity contribution >= 4 is 5.91 Å². The van der Waals surface area contributed by atoms with Crippen LogP contribution in [-0.4, -0.2) is 49.7 Å². The van der Waals surface area contributed by atoms with E-state index in [0.717, 1.165) is 52.1 Å². The summed E-state index contributed by atoms with van der Waals surface area (Å²) in [5.41, 5.74) is 0. The zero-order valence-corrected chi connectivity index (χ0v) is 9.65. The molecule has 4 heteroatoms. The second kappa shape index (κ2) is 4.34. The molecule has 3 fully saturated rings. The molecule has 0 aromatic carbocycles. The Morgan fingerprint density at radius 3 is 2.94 bits per heavy atom. The summed E-state index contributed by atoms with van der Waals surface area (Å²) in [5, 5.41) is 3.29. The molecule has 16 heavy (non-hydrogen) atoms. The minimum Gasteiger partial charge on any atom is -0.381 e. The third-order valence-electron chi connectivity index (χ3n) is 4.23. The first kappa shape index (κ1) is 10.5. The van der Waals surface area contributed by atoms with E-state index in [0.29, 0.717) is 17.7 Å². The van der Waals surface area contributed by atoms with Gasteiger partial charge in [-0.25, -0.2) is 0 Å². The van der Waals surface area contributed by atoms with Crippen LogP contribution in [0.15, 0.2) is 0 Å². The largest absolute Gasteiger partial charge is 0.381 e. The molecule has 90 valence electrons. The van der Waals surface area contributed by atoms with Crippen molar-refractivity contribution in [1.82, 2.24) is 10.2 Å². The molecular weight excluding hydrogens is 204 g/mol. The standard InChI is InChI=1S/C12H20N2O2/c15-12(11-2-1-4-13-11)14-5-3-9-7-16-8-10(9)6-14/h9-11,13H,1-8H2/t9-,10+,11-/m0/s1. The molecule has 1 N–H and O–H groups in total. The van der Waals surface area contributed by atoms with Gasteiger partial charge in [0, 0.05) is 25.6 Å². The van der Waals surface area contributed by atoms with Crippen LogP contribution < -0.4 is 5.32 Å². The Hall–Kier alpha value is -0.610. The SMILES string of the molecule is O=C([C@@H]1CCCN1)N1CC[C@H]2COC[C@H]2C1. The summed E-state index contributed by atoms with van der Waals surface area (Å²) < 4.78 is 5.49. The molecule has 0 aromatic heterocycles. The summed E-state index contributed by atoms with van der Waals surface area (Å²) in [6, 6.07) is 0.0962. The first-order valence-corrected chi connectivity index (χ1v) is 6.44. The second-order valence-corrected chi connectivity index (χ2v) is 5.28. The van der Waals surface area contributed by atoms with Crippen molar-refractivity contribution in [3.8, 4) is 0 Å². The van der Waals surface area contributed by atoms with Crippen molar-refractivity contribution in [3.05, 3.63) is 0 Å². The average molecular weight is 224 g/mol. The predicted molar refractivity (Wildman–Crippen MR) is 60.0 cm³/mol. The van der Waals surface area contributed by atoms with Crippen LogP contribution in [-0.2, 0) is 9.53 Å². The lowest BCUT2D eigenvalue weighted by Gasteiger charge is -2.35. The second-order valence-electron chi connectivity index (χ2n) is 5.28. The van der Waals surface area contributed by atoms with Gasteiger partial charge in [-0.2, -0.15) is 0 Å². The average Bonchev–Trinajstić information content (AvgIpc) is 2.98. The van der Waals surface area contributed by atoms with Gasteiger partial charge >= 0.3 is 0 Å². The van der Waals surface area contributed by atoms with Crippen molar-refractivity contribution in [2.75, 3.05) is 32.8 Å². The van der Waals surface area contributed by atoms with Gasteiger partial charge in [0.25, 0.3) is 0 Å². The van der Waals surface area contributed by atoms with Gasteiger partial charge < -0.3 is 15.0 Å². The molecular formula is C12H20N2O2. The molecule has 0 aromatic rings. The Kier molecular flexibility index (Phi) is 2.86. The number of rotatable bonds is 1. The zero-order valence-electron chi connectivity index (χ0n) is 9.65. The summed E-state index contributed by atoms with van der Waals surface area (Å²) in [5.74, 6) is 1.63. The van der Waals surface area contributed by atoms with E-state index in [1.54, 1.807) is 0 Å². The molecule has 3 aliphatic heterocycles. The highest BCUT2D eigenvalue weighted by Gasteiger charge is 2.37. The fourth-order valence-electron chi connectivity index (χ4n) is 3.18. The molecule has 3 rings (SSSR count). The molecule has 0 spiro atoms. The Morgan fingerprint density at radius 2 is 2.12 bits per heavy atom.